The van der Waals surface area contributed by atoms with Gasteiger partial charge in [-0.2, -0.15) is 5.10 Å². The van der Waals surface area contributed by atoms with Crippen LogP contribution >= 0.6 is 0 Å². The number of likely N-dealkylation sites (N-methyl/N-ethyl adjacent to an activating group) is 1. The van der Waals surface area contributed by atoms with Crippen molar-refractivity contribution in [3.8, 4) is 0 Å². The summed E-state index contributed by atoms with van der Waals surface area (Å²) in [5.41, 5.74) is 2.41. The lowest BCUT2D eigenvalue weighted by atomic mass is 10.2. The molecule has 28 heavy (non-hydrogen) atoms. The van der Waals surface area contributed by atoms with Gasteiger partial charge in [0.05, 0.1) is 12.2 Å². The van der Waals surface area contributed by atoms with Crippen molar-refractivity contribution in [2.75, 3.05) is 51.6 Å². The molecule has 1 saturated heterocycles. The molecule has 2 aromatic rings. The first-order chi connectivity index (χ1) is 13.6. The van der Waals surface area contributed by atoms with E-state index in [-0.39, 0.29) is 5.91 Å². The van der Waals surface area contributed by atoms with E-state index in [4.69, 9.17) is 0 Å². The van der Waals surface area contributed by atoms with E-state index in [0.29, 0.717) is 11.7 Å². The van der Waals surface area contributed by atoms with Crippen molar-refractivity contribution >= 4 is 11.6 Å². The molecule has 7 heteroatoms. The molecule has 0 unspecified atom stereocenters. The largest absolute Gasteiger partial charge is 0.321 e. The third-order valence-corrected chi connectivity index (χ3v) is 5.83. The average Bonchev–Trinajstić information content (AvgIpc) is 3.14. The van der Waals surface area contributed by atoms with Crippen molar-refractivity contribution in [2.45, 2.75) is 26.1 Å². The van der Waals surface area contributed by atoms with Gasteiger partial charge >= 0.3 is 0 Å². The van der Waals surface area contributed by atoms with E-state index in [0.717, 1.165) is 63.7 Å². The zero-order chi connectivity index (χ0) is 19.5. The summed E-state index contributed by atoms with van der Waals surface area (Å²) in [6, 6.07) is 12.0. The molecule has 1 N–H and O–H groups in total. The minimum Gasteiger partial charge on any atom is -0.321 e. The van der Waals surface area contributed by atoms with Crippen molar-refractivity contribution in [3.05, 3.63) is 47.8 Å². The van der Waals surface area contributed by atoms with Crippen LogP contribution in [-0.2, 0) is 13.1 Å². The summed E-state index contributed by atoms with van der Waals surface area (Å²) in [6.07, 6.45) is 0. The molecule has 1 fully saturated rings. The van der Waals surface area contributed by atoms with Crippen molar-refractivity contribution in [2.24, 2.45) is 0 Å². The number of fused-ring (bicyclic) bond motifs is 1. The number of nitrogens with zero attached hydrogens (tertiary/aromatic N) is 5. The Hall–Kier alpha value is -2.22. The number of hydrogen-bond donors (Lipinski definition) is 1. The number of anilines is 1. The van der Waals surface area contributed by atoms with Gasteiger partial charge in [-0.25, -0.2) is 0 Å². The van der Waals surface area contributed by atoms with Gasteiger partial charge in [0.1, 0.15) is 0 Å². The van der Waals surface area contributed by atoms with Crippen LogP contribution in [0.2, 0.25) is 0 Å². The third-order valence-electron chi connectivity index (χ3n) is 5.83. The molecule has 0 aliphatic carbocycles. The van der Waals surface area contributed by atoms with E-state index in [1.165, 1.54) is 0 Å². The third kappa shape index (κ3) is 4.43. The molecule has 7 nitrogen and oxygen atoms in total. The number of para-hydroxylation sites is 1. The summed E-state index contributed by atoms with van der Waals surface area (Å²) in [4.78, 5) is 20.0. The van der Waals surface area contributed by atoms with E-state index >= 15 is 0 Å². The lowest BCUT2D eigenvalue weighted by Crippen LogP contribution is -2.50. The highest BCUT2D eigenvalue weighted by Crippen LogP contribution is 2.18. The standard InChI is InChI=1S/C21H30N6O/c1-17(15-25-10-8-24(2)9-11-25)26-12-13-27-19(16-26)14-20(23-27)21(28)22-18-6-4-3-5-7-18/h3-7,14,17H,8-13,15-16H2,1-2H3,(H,22,28)/t17-/m1/s1. The Morgan fingerprint density at radius 1 is 1.11 bits per heavy atom. The van der Waals surface area contributed by atoms with Crippen LogP contribution in [0.5, 0.6) is 0 Å². The van der Waals surface area contributed by atoms with Gasteiger partial charge in [-0.3, -0.25) is 19.3 Å². The Balaban J connectivity index is 1.35. The van der Waals surface area contributed by atoms with Crippen LogP contribution < -0.4 is 5.32 Å². The van der Waals surface area contributed by atoms with E-state index in [9.17, 15) is 4.79 Å². The number of carbonyl (C=O) groups excluding carboxylic acids is 1. The number of carbonyl (C=O) groups is 1. The lowest BCUT2D eigenvalue weighted by Gasteiger charge is -2.38. The van der Waals surface area contributed by atoms with E-state index < -0.39 is 0 Å². The van der Waals surface area contributed by atoms with Gasteiger partial charge in [0, 0.05) is 57.5 Å². The number of rotatable bonds is 5. The smallest absolute Gasteiger partial charge is 0.276 e. The summed E-state index contributed by atoms with van der Waals surface area (Å²) >= 11 is 0. The Kier molecular flexibility index (Phi) is 5.75. The zero-order valence-electron chi connectivity index (χ0n) is 16.8. The predicted molar refractivity (Wildman–Crippen MR) is 110 cm³/mol. The van der Waals surface area contributed by atoms with Crippen molar-refractivity contribution in [3.63, 3.8) is 0 Å². The normalized spacial score (nSPS) is 19.9. The summed E-state index contributed by atoms with van der Waals surface area (Å²) in [5, 5.41) is 7.45. The van der Waals surface area contributed by atoms with E-state index in [1.54, 1.807) is 0 Å². The number of nitrogens with one attached hydrogen (secondary N) is 1. The highest BCUT2D eigenvalue weighted by molar-refractivity contribution is 6.02. The highest BCUT2D eigenvalue weighted by Gasteiger charge is 2.25. The van der Waals surface area contributed by atoms with E-state index in [1.807, 2.05) is 41.1 Å². The molecule has 1 atom stereocenters. The molecule has 2 aliphatic heterocycles. The molecule has 1 aromatic carbocycles. The van der Waals surface area contributed by atoms with Crippen molar-refractivity contribution in [1.29, 1.82) is 0 Å². The quantitative estimate of drug-likeness (QED) is 0.851. The van der Waals surface area contributed by atoms with Crippen LogP contribution in [0.3, 0.4) is 0 Å². The van der Waals surface area contributed by atoms with Crippen LogP contribution in [0, 0.1) is 0 Å². The molecule has 0 spiro atoms. The van der Waals surface area contributed by atoms with Gasteiger partial charge < -0.3 is 10.2 Å². The average molecular weight is 383 g/mol. The minimum absolute atomic E-state index is 0.148. The van der Waals surface area contributed by atoms with Gasteiger partial charge in [-0.15, -0.1) is 0 Å². The molecule has 2 aliphatic rings. The number of amides is 1. The van der Waals surface area contributed by atoms with Gasteiger partial charge in [0.15, 0.2) is 5.69 Å². The summed E-state index contributed by atoms with van der Waals surface area (Å²) < 4.78 is 1.99. The minimum atomic E-state index is -0.148. The Morgan fingerprint density at radius 2 is 1.86 bits per heavy atom. The topological polar surface area (TPSA) is 56.6 Å². The Bertz CT molecular complexity index is 796. The van der Waals surface area contributed by atoms with E-state index in [2.05, 4.69) is 39.1 Å². The zero-order valence-corrected chi connectivity index (χ0v) is 16.8. The number of hydrogen-bond acceptors (Lipinski definition) is 5. The fourth-order valence-corrected chi connectivity index (χ4v) is 4.01. The summed E-state index contributed by atoms with van der Waals surface area (Å²) in [6.45, 7) is 10.7. The van der Waals surface area contributed by atoms with Crippen LogP contribution in [0.15, 0.2) is 36.4 Å². The highest BCUT2D eigenvalue weighted by atomic mass is 16.2. The van der Waals surface area contributed by atoms with Crippen molar-refractivity contribution < 1.29 is 4.79 Å². The first-order valence-corrected chi connectivity index (χ1v) is 10.2. The molecule has 1 aromatic heterocycles. The Morgan fingerprint density at radius 3 is 2.61 bits per heavy atom. The van der Waals surface area contributed by atoms with Gasteiger partial charge in [0.25, 0.3) is 5.91 Å². The Labute approximate surface area is 166 Å². The molecular weight excluding hydrogens is 352 g/mol. The van der Waals surface area contributed by atoms with Crippen LogP contribution in [0.25, 0.3) is 0 Å². The van der Waals surface area contributed by atoms with Gasteiger partial charge in [-0.1, -0.05) is 18.2 Å². The number of aromatic nitrogens is 2. The molecule has 0 saturated carbocycles. The molecule has 0 bridgehead atoms. The fourth-order valence-electron chi connectivity index (χ4n) is 4.01. The molecule has 3 heterocycles. The lowest BCUT2D eigenvalue weighted by molar-refractivity contribution is 0.0903. The molecular formula is C21H30N6O. The first kappa shape index (κ1) is 19.1. The second-order valence-electron chi connectivity index (χ2n) is 7.99. The summed E-state index contributed by atoms with van der Waals surface area (Å²) in [5.74, 6) is -0.148. The van der Waals surface area contributed by atoms with Crippen molar-refractivity contribution in [1.82, 2.24) is 24.5 Å². The van der Waals surface area contributed by atoms with Gasteiger partial charge in [0.2, 0.25) is 0 Å². The second-order valence-corrected chi connectivity index (χ2v) is 7.99. The maximum atomic E-state index is 12.5. The first-order valence-electron chi connectivity index (χ1n) is 10.2. The SMILES string of the molecule is C[C@H](CN1CCN(C)CC1)N1CCn2nc(C(=O)Nc3ccccc3)cc2C1. The summed E-state index contributed by atoms with van der Waals surface area (Å²) in [7, 11) is 2.19. The maximum Gasteiger partial charge on any atom is 0.276 e. The van der Waals surface area contributed by atoms with Crippen LogP contribution in [-0.4, -0.2) is 82.7 Å². The van der Waals surface area contributed by atoms with Crippen LogP contribution in [0.1, 0.15) is 23.1 Å². The fraction of sp³-hybridized carbons (Fsp3) is 0.524. The maximum absolute atomic E-state index is 12.5. The van der Waals surface area contributed by atoms with Gasteiger partial charge in [-0.05, 0) is 32.2 Å². The van der Waals surface area contributed by atoms with Crippen LogP contribution in [0.4, 0.5) is 5.69 Å². The molecule has 1 amide bonds. The second kappa shape index (κ2) is 8.43. The number of benzene rings is 1. The molecule has 150 valence electrons. The molecule has 4 rings (SSSR count). The molecule has 0 radical (unpaired) electrons. The monoisotopic (exact) mass is 382 g/mol. The number of piperazine rings is 1. The predicted octanol–water partition coefficient (Wildman–Crippen LogP) is 1.59.